The molecule has 1 saturated carbocycles. The third-order valence-electron chi connectivity index (χ3n) is 6.82. The minimum atomic E-state index is 0.432. The molecule has 0 radical (unpaired) electrons. The third-order valence-corrected chi connectivity index (χ3v) is 7.96. The average Bonchev–Trinajstić information content (AvgIpc) is 3.49. The molecule has 0 atom stereocenters. The zero-order valence-corrected chi connectivity index (χ0v) is 22.2. The van der Waals surface area contributed by atoms with Crippen molar-refractivity contribution in [3.63, 3.8) is 0 Å². The van der Waals surface area contributed by atoms with Crippen molar-refractivity contribution in [2.45, 2.75) is 64.8 Å². The highest BCUT2D eigenvalue weighted by Gasteiger charge is 2.26. The number of imidazole rings is 1. The van der Waals surface area contributed by atoms with Gasteiger partial charge in [-0.25, -0.2) is 15.0 Å². The van der Waals surface area contributed by atoms with Crippen LogP contribution in [0.2, 0.25) is 0 Å². The van der Waals surface area contributed by atoms with E-state index in [4.69, 9.17) is 9.72 Å². The number of hydrogen-bond acceptors (Lipinski definition) is 7. The predicted molar refractivity (Wildman–Crippen MR) is 147 cm³/mol. The first-order chi connectivity index (χ1) is 18.1. The second kappa shape index (κ2) is 11.6. The summed E-state index contributed by atoms with van der Waals surface area (Å²) in [4.78, 5) is 15.7. The van der Waals surface area contributed by atoms with E-state index in [1.165, 1.54) is 24.8 Å². The summed E-state index contributed by atoms with van der Waals surface area (Å²) in [5, 5.41) is 13.2. The van der Waals surface area contributed by atoms with Gasteiger partial charge in [-0.1, -0.05) is 25.3 Å². The lowest BCUT2D eigenvalue weighted by atomic mass is 9.82. The van der Waals surface area contributed by atoms with Crippen LogP contribution >= 0.6 is 11.3 Å². The lowest BCUT2D eigenvalue weighted by Crippen LogP contribution is -2.07. The molecule has 7 nitrogen and oxygen atoms in total. The van der Waals surface area contributed by atoms with Gasteiger partial charge in [0.05, 0.1) is 34.8 Å². The molecule has 0 bridgehead atoms. The normalized spacial score (nSPS) is 13.9. The quantitative estimate of drug-likeness (QED) is 0.240. The van der Waals surface area contributed by atoms with E-state index >= 15 is 0 Å². The Morgan fingerprint density at radius 1 is 1.16 bits per heavy atom. The standard InChI is InChI=1S/C29H32N6OS/c1-20-18-35(19-32-20)14-7-15-36-24-11-6-10-23(16-24)33-29-31-13-12-26(34-29)28-27(22-8-4-3-5-9-22)25(17-30)21(2)37-28/h6,10-13,16,18-19,22H,3-5,7-9,14-15H2,1-2H3,(H,31,33,34). The molecule has 0 amide bonds. The van der Waals surface area contributed by atoms with Crippen LogP contribution in [-0.2, 0) is 6.54 Å². The highest BCUT2D eigenvalue weighted by atomic mass is 32.1. The van der Waals surface area contributed by atoms with Gasteiger partial charge in [-0.15, -0.1) is 11.3 Å². The monoisotopic (exact) mass is 512 g/mol. The average molecular weight is 513 g/mol. The minimum absolute atomic E-state index is 0.432. The molecule has 0 spiro atoms. The van der Waals surface area contributed by atoms with Crippen LogP contribution in [-0.4, -0.2) is 26.1 Å². The van der Waals surface area contributed by atoms with E-state index in [0.29, 0.717) is 18.5 Å². The molecule has 3 aromatic heterocycles. The minimum Gasteiger partial charge on any atom is -0.493 e. The molecular weight excluding hydrogens is 480 g/mol. The molecule has 1 N–H and O–H groups in total. The summed E-state index contributed by atoms with van der Waals surface area (Å²) in [6.07, 6.45) is 12.6. The smallest absolute Gasteiger partial charge is 0.227 e. The molecular formula is C29H32N6OS. The van der Waals surface area contributed by atoms with Crippen molar-refractivity contribution in [3.8, 4) is 22.4 Å². The molecule has 37 heavy (non-hydrogen) atoms. The summed E-state index contributed by atoms with van der Waals surface area (Å²) in [7, 11) is 0. The Morgan fingerprint density at radius 2 is 2.03 bits per heavy atom. The Labute approximate surface area is 222 Å². The Hall–Kier alpha value is -3.70. The summed E-state index contributed by atoms with van der Waals surface area (Å²) >= 11 is 1.67. The first-order valence-corrected chi connectivity index (χ1v) is 13.8. The van der Waals surface area contributed by atoms with Crippen LogP contribution in [0, 0.1) is 25.2 Å². The lowest BCUT2D eigenvalue weighted by Gasteiger charge is -2.22. The molecule has 8 heteroatoms. The number of anilines is 2. The number of ether oxygens (including phenoxy) is 1. The maximum absolute atomic E-state index is 9.90. The zero-order valence-electron chi connectivity index (χ0n) is 21.4. The highest BCUT2D eigenvalue weighted by Crippen LogP contribution is 2.44. The van der Waals surface area contributed by atoms with Crippen molar-refractivity contribution in [3.05, 3.63) is 70.8 Å². The highest BCUT2D eigenvalue weighted by molar-refractivity contribution is 7.15. The van der Waals surface area contributed by atoms with E-state index < -0.39 is 0 Å². The van der Waals surface area contributed by atoms with Crippen LogP contribution in [0.5, 0.6) is 5.75 Å². The summed E-state index contributed by atoms with van der Waals surface area (Å²) in [5.74, 6) is 1.76. The van der Waals surface area contributed by atoms with Crippen LogP contribution in [0.3, 0.4) is 0 Å². The number of hydrogen-bond donors (Lipinski definition) is 1. The van der Waals surface area contributed by atoms with Gasteiger partial charge in [-0.3, -0.25) is 0 Å². The van der Waals surface area contributed by atoms with Crippen molar-refractivity contribution >= 4 is 23.0 Å². The molecule has 1 aliphatic rings. The number of nitrogens with zero attached hydrogens (tertiary/aromatic N) is 5. The molecule has 190 valence electrons. The van der Waals surface area contributed by atoms with Crippen LogP contribution in [0.4, 0.5) is 11.6 Å². The van der Waals surface area contributed by atoms with Crippen molar-refractivity contribution in [1.82, 2.24) is 19.5 Å². The molecule has 0 aliphatic heterocycles. The van der Waals surface area contributed by atoms with Gasteiger partial charge in [0.25, 0.3) is 0 Å². The third kappa shape index (κ3) is 6.00. The number of nitrogens with one attached hydrogen (secondary N) is 1. The Balaban J connectivity index is 1.28. The van der Waals surface area contributed by atoms with Gasteiger partial charge in [0.2, 0.25) is 5.95 Å². The summed E-state index contributed by atoms with van der Waals surface area (Å²) in [5.41, 5.74) is 4.79. The summed E-state index contributed by atoms with van der Waals surface area (Å²) < 4.78 is 8.05. The van der Waals surface area contributed by atoms with Gasteiger partial charge in [0, 0.05) is 35.6 Å². The summed E-state index contributed by atoms with van der Waals surface area (Å²) in [6.45, 7) is 5.53. The number of aryl methyl sites for hydroxylation is 3. The SMILES string of the molecule is Cc1cn(CCCOc2cccc(Nc3nccc(-c4sc(C)c(C#N)c4C4CCCCC4)n3)c2)cn1. The second-order valence-electron chi connectivity index (χ2n) is 9.60. The maximum atomic E-state index is 9.90. The number of thiophene rings is 1. The van der Waals surface area contributed by atoms with E-state index in [1.54, 1.807) is 17.5 Å². The lowest BCUT2D eigenvalue weighted by molar-refractivity contribution is 0.302. The van der Waals surface area contributed by atoms with E-state index in [0.717, 1.165) is 63.9 Å². The van der Waals surface area contributed by atoms with Crippen LogP contribution in [0.1, 0.15) is 66.1 Å². The van der Waals surface area contributed by atoms with E-state index in [1.807, 2.05) is 56.7 Å². The summed E-state index contributed by atoms with van der Waals surface area (Å²) in [6, 6.07) is 12.3. The Morgan fingerprint density at radius 3 is 2.81 bits per heavy atom. The maximum Gasteiger partial charge on any atom is 0.227 e. The first kappa shape index (κ1) is 25.0. The van der Waals surface area contributed by atoms with Crippen molar-refractivity contribution in [1.29, 1.82) is 5.26 Å². The van der Waals surface area contributed by atoms with Gasteiger partial charge in [-0.2, -0.15) is 5.26 Å². The van der Waals surface area contributed by atoms with Gasteiger partial charge in [0.15, 0.2) is 0 Å². The van der Waals surface area contributed by atoms with Crippen LogP contribution in [0.15, 0.2) is 49.1 Å². The van der Waals surface area contributed by atoms with Gasteiger partial charge < -0.3 is 14.6 Å². The predicted octanol–water partition coefficient (Wildman–Crippen LogP) is 7.15. The van der Waals surface area contributed by atoms with Gasteiger partial charge in [0.1, 0.15) is 11.8 Å². The second-order valence-corrected chi connectivity index (χ2v) is 10.8. The zero-order chi connectivity index (χ0) is 25.6. The Bertz CT molecular complexity index is 1400. The van der Waals surface area contributed by atoms with E-state index in [9.17, 15) is 5.26 Å². The molecule has 4 aromatic rings. The largest absolute Gasteiger partial charge is 0.493 e. The molecule has 3 heterocycles. The molecule has 1 fully saturated rings. The topological polar surface area (TPSA) is 88.6 Å². The van der Waals surface area contributed by atoms with Crippen LogP contribution < -0.4 is 10.1 Å². The van der Waals surface area contributed by atoms with Crippen molar-refractivity contribution < 1.29 is 4.74 Å². The van der Waals surface area contributed by atoms with E-state index in [-0.39, 0.29) is 0 Å². The fourth-order valence-electron chi connectivity index (χ4n) is 5.04. The van der Waals surface area contributed by atoms with Gasteiger partial charge >= 0.3 is 0 Å². The Kier molecular flexibility index (Phi) is 7.81. The number of rotatable bonds is 9. The van der Waals surface area contributed by atoms with Gasteiger partial charge in [-0.05, 0) is 62.8 Å². The number of benzene rings is 1. The molecule has 1 aliphatic carbocycles. The van der Waals surface area contributed by atoms with Crippen LogP contribution in [0.25, 0.3) is 10.6 Å². The number of nitriles is 1. The fraction of sp³-hybridized carbons (Fsp3) is 0.379. The fourth-order valence-corrected chi connectivity index (χ4v) is 6.20. The number of aromatic nitrogens is 4. The molecule has 1 aromatic carbocycles. The first-order valence-electron chi connectivity index (χ1n) is 13.0. The van der Waals surface area contributed by atoms with E-state index in [2.05, 4.69) is 25.9 Å². The van der Waals surface area contributed by atoms with Crippen molar-refractivity contribution in [2.75, 3.05) is 11.9 Å². The molecule has 5 rings (SSSR count). The molecule has 0 unspecified atom stereocenters. The van der Waals surface area contributed by atoms with Crippen molar-refractivity contribution in [2.24, 2.45) is 0 Å². The molecule has 0 saturated heterocycles.